The largest absolute Gasteiger partial charge is 0.478 e. The molecule has 0 aliphatic heterocycles. The number of benzene rings is 1. The Hall–Kier alpha value is -2.25. The third-order valence-electron chi connectivity index (χ3n) is 2.48. The first-order valence-electron chi connectivity index (χ1n) is 6.30. The van der Waals surface area contributed by atoms with Crippen molar-refractivity contribution in [2.24, 2.45) is 0 Å². The molecule has 1 aromatic carbocycles. The molecule has 0 spiro atoms. The second-order valence-corrected chi connectivity index (χ2v) is 5.53. The Balaban J connectivity index is 2.98. The molecule has 0 bridgehead atoms. The number of carboxylic acids is 1. The lowest BCUT2D eigenvalue weighted by molar-refractivity contribution is -0.138. The predicted molar refractivity (Wildman–Crippen MR) is 71.5 cm³/mol. The summed E-state index contributed by atoms with van der Waals surface area (Å²) in [6, 6.07) is 2.42. The molecule has 0 aliphatic carbocycles. The summed E-state index contributed by atoms with van der Waals surface area (Å²) in [5.74, 6) is -1.35. The summed E-state index contributed by atoms with van der Waals surface area (Å²) in [5.41, 5.74) is -2.44. The van der Waals surface area contributed by atoms with Gasteiger partial charge < -0.3 is 15.2 Å². The number of rotatable bonds is 3. The Kier molecular flexibility index (Phi) is 5.05. The van der Waals surface area contributed by atoms with Gasteiger partial charge in [0.1, 0.15) is 5.60 Å². The average Bonchev–Trinajstić information content (AvgIpc) is 2.32. The van der Waals surface area contributed by atoms with Crippen LogP contribution in [0, 0.1) is 0 Å². The fourth-order valence-electron chi connectivity index (χ4n) is 1.63. The second-order valence-electron chi connectivity index (χ2n) is 5.53. The normalized spacial score (nSPS) is 11.9. The van der Waals surface area contributed by atoms with Gasteiger partial charge in [0, 0.05) is 6.54 Å². The zero-order valence-electron chi connectivity index (χ0n) is 12.2. The number of carboxylic acid groups (broad SMARTS) is 1. The van der Waals surface area contributed by atoms with E-state index in [1.54, 1.807) is 20.8 Å². The second kappa shape index (κ2) is 6.25. The number of alkyl halides is 3. The van der Waals surface area contributed by atoms with Gasteiger partial charge in [-0.25, -0.2) is 9.59 Å². The molecule has 22 heavy (non-hydrogen) atoms. The molecule has 122 valence electrons. The Morgan fingerprint density at radius 1 is 1.23 bits per heavy atom. The quantitative estimate of drug-likeness (QED) is 0.895. The highest BCUT2D eigenvalue weighted by molar-refractivity contribution is 5.88. The van der Waals surface area contributed by atoms with Crippen molar-refractivity contribution in [1.82, 2.24) is 5.32 Å². The fraction of sp³-hybridized carbons (Fsp3) is 0.429. The first-order valence-corrected chi connectivity index (χ1v) is 6.30. The molecule has 0 atom stereocenters. The lowest BCUT2D eigenvalue weighted by Crippen LogP contribution is -2.32. The molecule has 0 aliphatic rings. The fourth-order valence-corrected chi connectivity index (χ4v) is 1.63. The predicted octanol–water partition coefficient (Wildman–Crippen LogP) is 3.43. The van der Waals surface area contributed by atoms with Gasteiger partial charge in [0.05, 0.1) is 11.1 Å². The molecule has 0 fully saturated rings. The first-order chi connectivity index (χ1) is 9.90. The van der Waals surface area contributed by atoms with E-state index in [0.29, 0.717) is 6.07 Å². The van der Waals surface area contributed by atoms with Crippen molar-refractivity contribution in [3.63, 3.8) is 0 Å². The molecular weight excluding hydrogens is 303 g/mol. The summed E-state index contributed by atoms with van der Waals surface area (Å²) in [6.45, 7) is 4.33. The number of ether oxygens (including phenoxy) is 1. The maximum absolute atomic E-state index is 12.9. The Morgan fingerprint density at radius 2 is 1.82 bits per heavy atom. The number of hydrogen-bond acceptors (Lipinski definition) is 3. The van der Waals surface area contributed by atoms with Crippen LogP contribution in [0.1, 0.15) is 42.3 Å². The highest BCUT2D eigenvalue weighted by atomic mass is 19.4. The molecule has 0 radical (unpaired) electrons. The van der Waals surface area contributed by atoms with Crippen LogP contribution in [0.2, 0.25) is 0 Å². The van der Waals surface area contributed by atoms with E-state index in [1.807, 2.05) is 0 Å². The number of nitrogens with one attached hydrogen (secondary N) is 1. The van der Waals surface area contributed by atoms with Gasteiger partial charge in [0.15, 0.2) is 0 Å². The minimum atomic E-state index is -4.65. The van der Waals surface area contributed by atoms with Gasteiger partial charge in [-0.2, -0.15) is 13.2 Å². The summed E-state index contributed by atoms with van der Waals surface area (Å²) >= 11 is 0. The molecule has 0 unspecified atom stereocenters. The van der Waals surface area contributed by atoms with Crippen LogP contribution in [-0.2, 0) is 17.5 Å². The molecule has 2 N–H and O–H groups in total. The Labute approximate surface area is 125 Å². The molecular formula is C14H16F3NO4. The van der Waals surface area contributed by atoms with Crippen molar-refractivity contribution >= 4 is 12.1 Å². The average molecular weight is 319 g/mol. The van der Waals surface area contributed by atoms with Crippen molar-refractivity contribution in [3.05, 3.63) is 34.9 Å². The van der Waals surface area contributed by atoms with Gasteiger partial charge in [0.25, 0.3) is 0 Å². The van der Waals surface area contributed by atoms with Gasteiger partial charge in [-0.05, 0) is 44.5 Å². The molecule has 1 aromatic rings. The van der Waals surface area contributed by atoms with Crippen LogP contribution in [0.5, 0.6) is 0 Å². The molecule has 0 aromatic heterocycles. The van der Waals surface area contributed by atoms with Gasteiger partial charge in [-0.15, -0.1) is 0 Å². The van der Waals surface area contributed by atoms with E-state index in [-0.39, 0.29) is 11.1 Å². The minimum Gasteiger partial charge on any atom is -0.478 e. The maximum atomic E-state index is 12.9. The number of alkyl carbamates (subject to hydrolysis) is 1. The molecule has 1 amide bonds. The Bertz CT molecular complexity index is 576. The van der Waals surface area contributed by atoms with Crippen molar-refractivity contribution < 1.29 is 32.6 Å². The number of carbonyl (C=O) groups excluding carboxylic acids is 1. The highest BCUT2D eigenvalue weighted by Crippen LogP contribution is 2.32. The lowest BCUT2D eigenvalue weighted by atomic mass is 10.0. The van der Waals surface area contributed by atoms with Crippen LogP contribution in [0.25, 0.3) is 0 Å². The molecule has 8 heteroatoms. The van der Waals surface area contributed by atoms with Gasteiger partial charge in [-0.1, -0.05) is 0 Å². The zero-order chi connectivity index (χ0) is 17.1. The monoisotopic (exact) mass is 319 g/mol. The van der Waals surface area contributed by atoms with Crippen molar-refractivity contribution in [2.75, 3.05) is 0 Å². The number of aromatic carboxylic acids is 1. The number of carbonyl (C=O) groups is 2. The standard InChI is InChI=1S/C14H16F3NO4/c1-13(2,3)22-12(21)18-7-9-6-8(11(19)20)4-5-10(9)14(15,16)17/h4-6H,7H2,1-3H3,(H,18,21)(H,19,20). The van der Waals surface area contributed by atoms with E-state index in [1.165, 1.54) is 0 Å². The van der Waals surface area contributed by atoms with Gasteiger partial charge in [-0.3, -0.25) is 0 Å². The number of halogens is 3. The molecule has 1 rings (SSSR count). The van der Waals surface area contributed by atoms with Crippen molar-refractivity contribution in [2.45, 2.75) is 39.1 Å². The van der Waals surface area contributed by atoms with E-state index in [4.69, 9.17) is 9.84 Å². The topological polar surface area (TPSA) is 75.6 Å². The molecule has 5 nitrogen and oxygen atoms in total. The molecule has 0 heterocycles. The van der Waals surface area contributed by atoms with E-state index in [9.17, 15) is 22.8 Å². The van der Waals surface area contributed by atoms with Crippen LogP contribution >= 0.6 is 0 Å². The SMILES string of the molecule is CC(C)(C)OC(=O)NCc1cc(C(=O)O)ccc1C(F)(F)F. The smallest absolute Gasteiger partial charge is 0.416 e. The third-order valence-corrected chi connectivity index (χ3v) is 2.48. The van der Waals surface area contributed by atoms with Gasteiger partial charge >= 0.3 is 18.2 Å². The summed E-state index contributed by atoms with van der Waals surface area (Å²) in [4.78, 5) is 22.3. The van der Waals surface area contributed by atoms with E-state index in [0.717, 1.165) is 12.1 Å². The van der Waals surface area contributed by atoms with E-state index in [2.05, 4.69) is 5.32 Å². The molecule has 0 saturated carbocycles. The lowest BCUT2D eigenvalue weighted by Gasteiger charge is -2.20. The number of amides is 1. The van der Waals surface area contributed by atoms with Gasteiger partial charge in [0.2, 0.25) is 0 Å². The van der Waals surface area contributed by atoms with Crippen LogP contribution in [-0.4, -0.2) is 22.8 Å². The first kappa shape index (κ1) is 17.8. The van der Waals surface area contributed by atoms with E-state index < -0.39 is 35.9 Å². The van der Waals surface area contributed by atoms with Crippen molar-refractivity contribution in [1.29, 1.82) is 0 Å². The van der Waals surface area contributed by atoms with Crippen LogP contribution in [0.4, 0.5) is 18.0 Å². The number of hydrogen-bond donors (Lipinski definition) is 2. The van der Waals surface area contributed by atoms with Crippen LogP contribution in [0.15, 0.2) is 18.2 Å². The summed E-state index contributed by atoms with van der Waals surface area (Å²) in [5, 5.41) is 11.0. The summed E-state index contributed by atoms with van der Waals surface area (Å²) < 4.78 is 43.6. The summed E-state index contributed by atoms with van der Waals surface area (Å²) in [7, 11) is 0. The van der Waals surface area contributed by atoms with Crippen LogP contribution in [0.3, 0.4) is 0 Å². The third kappa shape index (κ3) is 5.27. The highest BCUT2D eigenvalue weighted by Gasteiger charge is 2.33. The Morgan fingerprint density at radius 3 is 2.27 bits per heavy atom. The minimum absolute atomic E-state index is 0.297. The van der Waals surface area contributed by atoms with Crippen molar-refractivity contribution in [3.8, 4) is 0 Å². The molecule has 0 saturated heterocycles. The summed E-state index contributed by atoms with van der Waals surface area (Å²) in [6.07, 6.45) is -5.54. The zero-order valence-corrected chi connectivity index (χ0v) is 12.2. The van der Waals surface area contributed by atoms with E-state index >= 15 is 0 Å². The van der Waals surface area contributed by atoms with Crippen LogP contribution < -0.4 is 5.32 Å². The maximum Gasteiger partial charge on any atom is 0.416 e.